The first-order valence-corrected chi connectivity index (χ1v) is 5.30. The van der Waals surface area contributed by atoms with E-state index in [9.17, 15) is 4.79 Å². The second-order valence-electron chi connectivity index (χ2n) is 2.85. The monoisotopic (exact) mass is 214 g/mol. The van der Waals surface area contributed by atoms with Gasteiger partial charge in [0.15, 0.2) is 5.13 Å². The summed E-state index contributed by atoms with van der Waals surface area (Å²) in [7, 11) is 1.38. The van der Waals surface area contributed by atoms with E-state index in [4.69, 9.17) is 0 Å². The Morgan fingerprint density at radius 1 is 1.64 bits per heavy atom. The maximum Gasteiger partial charge on any atom is 0.350 e. The molecule has 1 aromatic heterocycles. The molecular weight excluding hydrogens is 200 g/mol. The van der Waals surface area contributed by atoms with E-state index in [0.29, 0.717) is 4.88 Å². The molecule has 78 valence electrons. The Labute approximate surface area is 87.3 Å². The van der Waals surface area contributed by atoms with E-state index >= 15 is 0 Å². The number of nitrogens with one attached hydrogen (secondary N) is 1. The van der Waals surface area contributed by atoms with Gasteiger partial charge in [-0.25, -0.2) is 9.78 Å². The van der Waals surface area contributed by atoms with Gasteiger partial charge in [-0.05, 0) is 13.3 Å². The summed E-state index contributed by atoms with van der Waals surface area (Å²) in [5, 5.41) is 3.92. The van der Waals surface area contributed by atoms with Crippen molar-refractivity contribution in [3.63, 3.8) is 0 Å². The van der Waals surface area contributed by atoms with Crippen LogP contribution in [0.15, 0.2) is 0 Å². The van der Waals surface area contributed by atoms with Crippen molar-refractivity contribution >= 4 is 22.4 Å². The number of esters is 1. The van der Waals surface area contributed by atoms with Crippen LogP contribution in [0.5, 0.6) is 0 Å². The van der Waals surface area contributed by atoms with Gasteiger partial charge in [0.1, 0.15) is 4.88 Å². The number of hydrogen-bond donors (Lipinski definition) is 1. The molecule has 0 fully saturated rings. The minimum atomic E-state index is -0.315. The molecule has 0 bridgehead atoms. The standard InChI is InChI=1S/C9H14N2O2S/c1-4-5-10-9-11-6(2)7(14-9)8(12)13-3/h4-5H2,1-3H3,(H,10,11). The molecule has 5 heteroatoms. The topological polar surface area (TPSA) is 51.2 Å². The molecule has 0 aliphatic carbocycles. The summed E-state index contributed by atoms with van der Waals surface area (Å²) in [6.07, 6.45) is 1.03. The van der Waals surface area contributed by atoms with Crippen LogP contribution in [0.4, 0.5) is 5.13 Å². The lowest BCUT2D eigenvalue weighted by Crippen LogP contribution is -1.99. The number of anilines is 1. The summed E-state index contributed by atoms with van der Waals surface area (Å²) in [4.78, 5) is 16.0. The highest BCUT2D eigenvalue weighted by Gasteiger charge is 2.14. The molecule has 0 radical (unpaired) electrons. The third-order valence-electron chi connectivity index (χ3n) is 1.69. The molecule has 1 N–H and O–H groups in total. The second kappa shape index (κ2) is 4.95. The number of hydrogen-bond acceptors (Lipinski definition) is 5. The van der Waals surface area contributed by atoms with Crippen LogP contribution < -0.4 is 5.32 Å². The van der Waals surface area contributed by atoms with Gasteiger partial charge in [0.2, 0.25) is 0 Å². The molecular formula is C9H14N2O2S. The zero-order valence-electron chi connectivity index (χ0n) is 8.59. The van der Waals surface area contributed by atoms with Crippen LogP contribution in [-0.4, -0.2) is 24.6 Å². The highest BCUT2D eigenvalue weighted by Crippen LogP contribution is 2.22. The average Bonchev–Trinajstić information content (AvgIpc) is 2.55. The summed E-state index contributed by atoms with van der Waals surface area (Å²) in [6.45, 7) is 4.75. The lowest BCUT2D eigenvalue weighted by atomic mass is 10.4. The van der Waals surface area contributed by atoms with Crippen LogP contribution in [0.1, 0.15) is 28.7 Å². The number of nitrogens with zero attached hydrogens (tertiary/aromatic N) is 1. The quantitative estimate of drug-likeness (QED) is 0.779. The third kappa shape index (κ3) is 2.45. The minimum absolute atomic E-state index is 0.315. The Kier molecular flexibility index (Phi) is 3.88. The molecule has 1 heterocycles. The number of aromatic nitrogens is 1. The molecule has 14 heavy (non-hydrogen) atoms. The Morgan fingerprint density at radius 2 is 2.36 bits per heavy atom. The van der Waals surface area contributed by atoms with Gasteiger partial charge in [-0.3, -0.25) is 0 Å². The van der Waals surface area contributed by atoms with E-state index in [1.807, 2.05) is 0 Å². The molecule has 0 saturated carbocycles. The molecule has 0 aromatic carbocycles. The zero-order chi connectivity index (χ0) is 10.6. The fourth-order valence-corrected chi connectivity index (χ4v) is 1.90. The molecule has 0 spiro atoms. The summed E-state index contributed by atoms with van der Waals surface area (Å²) in [5.41, 5.74) is 0.723. The Bertz CT molecular complexity index is 323. The number of rotatable bonds is 4. The number of carbonyl (C=O) groups is 1. The summed E-state index contributed by atoms with van der Waals surface area (Å²) in [6, 6.07) is 0. The molecule has 0 saturated heterocycles. The molecule has 0 aliphatic heterocycles. The van der Waals surface area contributed by atoms with Crippen molar-refractivity contribution in [3.05, 3.63) is 10.6 Å². The van der Waals surface area contributed by atoms with Gasteiger partial charge in [-0.2, -0.15) is 0 Å². The molecule has 4 nitrogen and oxygen atoms in total. The van der Waals surface area contributed by atoms with Crippen LogP contribution in [0.3, 0.4) is 0 Å². The van der Waals surface area contributed by atoms with Crippen LogP contribution in [0.2, 0.25) is 0 Å². The fraction of sp³-hybridized carbons (Fsp3) is 0.556. The first kappa shape index (κ1) is 11.0. The lowest BCUT2D eigenvalue weighted by molar-refractivity contribution is 0.0605. The van der Waals surface area contributed by atoms with Crippen molar-refractivity contribution in [2.45, 2.75) is 20.3 Å². The Balaban J connectivity index is 2.77. The van der Waals surface area contributed by atoms with E-state index in [2.05, 4.69) is 22.0 Å². The van der Waals surface area contributed by atoms with E-state index in [0.717, 1.165) is 23.8 Å². The predicted molar refractivity (Wildman–Crippen MR) is 57.0 cm³/mol. The van der Waals surface area contributed by atoms with Crippen molar-refractivity contribution < 1.29 is 9.53 Å². The predicted octanol–water partition coefficient (Wildman–Crippen LogP) is 2.06. The lowest BCUT2D eigenvalue weighted by Gasteiger charge is -1.96. The van der Waals surface area contributed by atoms with Crippen molar-refractivity contribution in [3.8, 4) is 0 Å². The number of ether oxygens (including phenoxy) is 1. The van der Waals surface area contributed by atoms with E-state index in [1.165, 1.54) is 18.4 Å². The Hall–Kier alpha value is -1.10. The van der Waals surface area contributed by atoms with Crippen LogP contribution in [0, 0.1) is 6.92 Å². The first-order chi connectivity index (χ1) is 6.69. The van der Waals surface area contributed by atoms with Crippen LogP contribution in [0.25, 0.3) is 0 Å². The highest BCUT2D eigenvalue weighted by atomic mass is 32.1. The van der Waals surface area contributed by atoms with Crippen LogP contribution in [-0.2, 0) is 4.74 Å². The van der Waals surface area contributed by atoms with Crippen molar-refractivity contribution in [1.29, 1.82) is 0 Å². The number of carbonyl (C=O) groups excluding carboxylic acids is 1. The normalized spacial score (nSPS) is 9.93. The van der Waals surface area contributed by atoms with Crippen molar-refractivity contribution in [2.75, 3.05) is 19.0 Å². The highest BCUT2D eigenvalue weighted by molar-refractivity contribution is 7.17. The molecule has 1 aromatic rings. The number of thiazole rings is 1. The largest absolute Gasteiger partial charge is 0.465 e. The van der Waals surface area contributed by atoms with Crippen molar-refractivity contribution in [2.24, 2.45) is 0 Å². The van der Waals surface area contributed by atoms with Gasteiger partial charge >= 0.3 is 5.97 Å². The Morgan fingerprint density at radius 3 is 2.93 bits per heavy atom. The number of aryl methyl sites for hydroxylation is 1. The van der Waals surface area contributed by atoms with E-state index in [1.54, 1.807) is 6.92 Å². The van der Waals surface area contributed by atoms with E-state index in [-0.39, 0.29) is 5.97 Å². The summed E-state index contributed by atoms with van der Waals surface area (Å²) < 4.78 is 4.64. The van der Waals surface area contributed by atoms with Gasteiger partial charge in [-0.1, -0.05) is 18.3 Å². The molecule has 0 amide bonds. The summed E-state index contributed by atoms with van der Waals surface area (Å²) >= 11 is 1.34. The third-order valence-corrected chi connectivity index (χ3v) is 2.79. The van der Waals surface area contributed by atoms with Gasteiger partial charge in [0.05, 0.1) is 12.8 Å². The SMILES string of the molecule is CCCNc1nc(C)c(C(=O)OC)s1. The van der Waals surface area contributed by atoms with Gasteiger partial charge in [0.25, 0.3) is 0 Å². The fourth-order valence-electron chi connectivity index (χ4n) is 0.986. The molecule has 0 aliphatic rings. The molecule has 0 unspecified atom stereocenters. The van der Waals surface area contributed by atoms with Gasteiger partial charge in [-0.15, -0.1) is 0 Å². The maximum absolute atomic E-state index is 11.2. The van der Waals surface area contributed by atoms with Crippen LogP contribution >= 0.6 is 11.3 Å². The molecule has 0 atom stereocenters. The number of methoxy groups -OCH3 is 1. The first-order valence-electron chi connectivity index (χ1n) is 4.48. The zero-order valence-corrected chi connectivity index (χ0v) is 9.40. The van der Waals surface area contributed by atoms with Gasteiger partial charge in [0, 0.05) is 6.54 Å². The smallest absolute Gasteiger partial charge is 0.350 e. The second-order valence-corrected chi connectivity index (χ2v) is 3.85. The van der Waals surface area contributed by atoms with Gasteiger partial charge < -0.3 is 10.1 Å². The van der Waals surface area contributed by atoms with Crippen molar-refractivity contribution in [1.82, 2.24) is 4.98 Å². The average molecular weight is 214 g/mol. The van der Waals surface area contributed by atoms with E-state index < -0.39 is 0 Å². The summed E-state index contributed by atoms with van der Waals surface area (Å²) in [5.74, 6) is -0.315. The maximum atomic E-state index is 11.2. The molecule has 1 rings (SSSR count). The minimum Gasteiger partial charge on any atom is -0.465 e.